The molecule has 1 aromatic heterocycles. The van der Waals surface area contributed by atoms with E-state index in [0.717, 1.165) is 34.7 Å². The molecule has 3 aromatic rings. The van der Waals surface area contributed by atoms with Crippen molar-refractivity contribution < 1.29 is 4.74 Å². The predicted octanol–water partition coefficient (Wildman–Crippen LogP) is 3.76. The normalized spacial score (nSPS) is 13.9. The van der Waals surface area contributed by atoms with Gasteiger partial charge in [0.15, 0.2) is 0 Å². The van der Waals surface area contributed by atoms with Crippen LogP contribution in [0, 0.1) is 3.57 Å². The van der Waals surface area contributed by atoms with E-state index in [4.69, 9.17) is 4.74 Å². The summed E-state index contributed by atoms with van der Waals surface area (Å²) in [6.45, 7) is 1.45. The Bertz CT molecular complexity index is 821. The van der Waals surface area contributed by atoms with E-state index in [-0.39, 0.29) is 0 Å². The van der Waals surface area contributed by atoms with Crippen LogP contribution in [-0.2, 0) is 0 Å². The third-order valence-corrected chi connectivity index (χ3v) is 4.23. The van der Waals surface area contributed by atoms with Gasteiger partial charge in [-0.25, -0.2) is 9.97 Å². The fourth-order valence-corrected chi connectivity index (χ4v) is 3.11. The minimum atomic E-state index is 0.659. The molecule has 4 rings (SSSR count). The van der Waals surface area contributed by atoms with Crippen molar-refractivity contribution in [3.05, 3.63) is 52.4 Å². The Kier molecular flexibility index (Phi) is 3.14. The molecule has 104 valence electrons. The maximum Gasteiger partial charge on any atom is 0.144 e. The third-order valence-electron chi connectivity index (χ3n) is 3.56. The maximum atomic E-state index is 5.72. The molecule has 1 aliphatic rings. The van der Waals surface area contributed by atoms with Crippen LogP contribution in [0.1, 0.15) is 0 Å². The SMILES string of the molecule is Ic1ccc2ncnc(N3CCOc4ccccc43)c2c1. The number of fused-ring (bicyclic) bond motifs is 2. The van der Waals surface area contributed by atoms with Gasteiger partial charge in [-0.3, -0.25) is 0 Å². The lowest BCUT2D eigenvalue weighted by Gasteiger charge is -2.30. The van der Waals surface area contributed by atoms with Crippen molar-refractivity contribution in [2.24, 2.45) is 0 Å². The first-order chi connectivity index (χ1) is 10.3. The predicted molar refractivity (Wildman–Crippen MR) is 91.2 cm³/mol. The van der Waals surface area contributed by atoms with Crippen molar-refractivity contribution in [3.63, 3.8) is 0 Å². The lowest BCUT2D eigenvalue weighted by atomic mass is 10.2. The molecule has 0 fully saturated rings. The second-order valence-electron chi connectivity index (χ2n) is 4.83. The molecule has 4 nitrogen and oxygen atoms in total. The molecule has 0 bridgehead atoms. The molecule has 21 heavy (non-hydrogen) atoms. The molecule has 1 aliphatic heterocycles. The van der Waals surface area contributed by atoms with Gasteiger partial charge in [-0.05, 0) is 52.9 Å². The smallest absolute Gasteiger partial charge is 0.144 e. The molecule has 0 saturated carbocycles. The minimum absolute atomic E-state index is 0.659. The Balaban J connectivity index is 1.94. The van der Waals surface area contributed by atoms with Gasteiger partial charge in [0.2, 0.25) is 0 Å². The Morgan fingerprint density at radius 3 is 2.95 bits per heavy atom. The summed E-state index contributed by atoms with van der Waals surface area (Å²) in [6.07, 6.45) is 1.63. The van der Waals surface area contributed by atoms with E-state index in [1.165, 1.54) is 3.57 Å². The van der Waals surface area contributed by atoms with Gasteiger partial charge in [-0.1, -0.05) is 12.1 Å². The van der Waals surface area contributed by atoms with Crippen molar-refractivity contribution in [1.29, 1.82) is 0 Å². The van der Waals surface area contributed by atoms with Crippen LogP contribution in [0.15, 0.2) is 48.8 Å². The quantitative estimate of drug-likeness (QED) is 0.594. The number of benzene rings is 2. The van der Waals surface area contributed by atoms with E-state index >= 15 is 0 Å². The Morgan fingerprint density at radius 2 is 2.00 bits per heavy atom. The first kappa shape index (κ1) is 12.8. The van der Waals surface area contributed by atoms with Gasteiger partial charge < -0.3 is 9.64 Å². The second-order valence-corrected chi connectivity index (χ2v) is 6.07. The molecule has 5 heteroatoms. The largest absolute Gasteiger partial charge is 0.490 e. The van der Waals surface area contributed by atoms with Crippen LogP contribution in [0.4, 0.5) is 11.5 Å². The summed E-state index contributed by atoms with van der Waals surface area (Å²) in [5, 5.41) is 1.07. The van der Waals surface area contributed by atoms with E-state index in [1.54, 1.807) is 6.33 Å². The lowest BCUT2D eigenvalue weighted by molar-refractivity contribution is 0.314. The average molecular weight is 389 g/mol. The molecule has 0 unspecified atom stereocenters. The number of halogens is 1. The van der Waals surface area contributed by atoms with E-state index in [1.807, 2.05) is 24.3 Å². The van der Waals surface area contributed by atoms with E-state index in [9.17, 15) is 0 Å². The number of para-hydroxylation sites is 2. The van der Waals surface area contributed by atoms with E-state index in [0.29, 0.717) is 6.61 Å². The van der Waals surface area contributed by atoms with Crippen LogP contribution in [0.3, 0.4) is 0 Å². The fourth-order valence-electron chi connectivity index (χ4n) is 2.62. The summed E-state index contributed by atoms with van der Waals surface area (Å²) in [4.78, 5) is 11.1. The van der Waals surface area contributed by atoms with Gasteiger partial charge in [0.25, 0.3) is 0 Å². The zero-order chi connectivity index (χ0) is 14.2. The molecule has 2 aromatic carbocycles. The van der Waals surface area contributed by atoms with Crippen LogP contribution in [0.25, 0.3) is 10.9 Å². The van der Waals surface area contributed by atoms with Crippen LogP contribution in [0.2, 0.25) is 0 Å². The highest BCUT2D eigenvalue weighted by Crippen LogP contribution is 2.37. The summed E-state index contributed by atoms with van der Waals surface area (Å²) in [7, 11) is 0. The van der Waals surface area contributed by atoms with Gasteiger partial charge >= 0.3 is 0 Å². The first-order valence-electron chi connectivity index (χ1n) is 6.72. The summed E-state index contributed by atoms with van der Waals surface area (Å²) in [5.74, 6) is 1.84. The lowest BCUT2D eigenvalue weighted by Crippen LogP contribution is -2.29. The zero-order valence-corrected chi connectivity index (χ0v) is 13.3. The van der Waals surface area contributed by atoms with Crippen LogP contribution < -0.4 is 9.64 Å². The van der Waals surface area contributed by atoms with Crippen molar-refractivity contribution in [2.45, 2.75) is 0 Å². The van der Waals surface area contributed by atoms with Crippen LogP contribution in [0.5, 0.6) is 5.75 Å². The second kappa shape index (κ2) is 5.14. The fraction of sp³-hybridized carbons (Fsp3) is 0.125. The molecule has 0 spiro atoms. The Morgan fingerprint density at radius 1 is 1.10 bits per heavy atom. The average Bonchev–Trinajstić information content (AvgIpc) is 2.54. The number of hydrogen-bond acceptors (Lipinski definition) is 4. The molecule has 0 atom stereocenters. The minimum Gasteiger partial charge on any atom is -0.490 e. The van der Waals surface area contributed by atoms with E-state index in [2.05, 4.69) is 55.7 Å². The van der Waals surface area contributed by atoms with Crippen LogP contribution >= 0.6 is 22.6 Å². The van der Waals surface area contributed by atoms with Gasteiger partial charge in [0.05, 0.1) is 17.7 Å². The summed E-state index contributed by atoms with van der Waals surface area (Å²) < 4.78 is 6.90. The number of hydrogen-bond donors (Lipinski definition) is 0. The molecular formula is C16H12IN3O. The number of rotatable bonds is 1. The molecular weight excluding hydrogens is 377 g/mol. The highest BCUT2D eigenvalue weighted by atomic mass is 127. The van der Waals surface area contributed by atoms with Crippen molar-refractivity contribution in [1.82, 2.24) is 9.97 Å². The van der Waals surface area contributed by atoms with Crippen molar-refractivity contribution in [3.8, 4) is 5.75 Å². The highest BCUT2D eigenvalue weighted by molar-refractivity contribution is 14.1. The summed E-state index contributed by atoms with van der Waals surface area (Å²) >= 11 is 2.32. The third kappa shape index (κ3) is 2.21. The zero-order valence-electron chi connectivity index (χ0n) is 11.2. The highest BCUT2D eigenvalue weighted by Gasteiger charge is 2.21. The molecule has 0 saturated heterocycles. The van der Waals surface area contributed by atoms with Gasteiger partial charge in [-0.2, -0.15) is 0 Å². The number of aromatic nitrogens is 2. The summed E-state index contributed by atoms with van der Waals surface area (Å²) in [5.41, 5.74) is 2.02. The van der Waals surface area contributed by atoms with Gasteiger partial charge in [0.1, 0.15) is 24.5 Å². The molecule has 0 aliphatic carbocycles. The number of ether oxygens (including phenoxy) is 1. The monoisotopic (exact) mass is 389 g/mol. The molecule has 0 N–H and O–H groups in total. The van der Waals surface area contributed by atoms with Crippen molar-refractivity contribution in [2.75, 3.05) is 18.1 Å². The molecule has 2 heterocycles. The number of anilines is 2. The maximum absolute atomic E-state index is 5.72. The Labute approximate surface area is 135 Å². The number of nitrogens with zero attached hydrogens (tertiary/aromatic N) is 3. The standard InChI is InChI=1S/C16H12IN3O/c17-11-5-6-13-12(9-11)16(19-10-18-13)20-7-8-21-15-4-2-1-3-14(15)20/h1-6,9-10H,7-8H2. The van der Waals surface area contributed by atoms with Gasteiger partial charge in [-0.15, -0.1) is 0 Å². The van der Waals surface area contributed by atoms with Crippen LogP contribution in [-0.4, -0.2) is 23.1 Å². The van der Waals surface area contributed by atoms with Gasteiger partial charge in [0, 0.05) is 8.96 Å². The van der Waals surface area contributed by atoms with E-state index < -0.39 is 0 Å². The molecule has 0 amide bonds. The Hall–Kier alpha value is -1.89. The molecule has 0 radical (unpaired) electrons. The first-order valence-corrected chi connectivity index (χ1v) is 7.80. The summed E-state index contributed by atoms with van der Waals surface area (Å²) in [6, 6.07) is 14.3. The topological polar surface area (TPSA) is 38.2 Å². The van der Waals surface area contributed by atoms with Crippen molar-refractivity contribution >= 4 is 45.0 Å².